The van der Waals surface area contributed by atoms with Crippen LogP contribution < -0.4 is 10.1 Å². The number of hydrogen-bond donors (Lipinski definition) is 1. The van der Waals surface area contributed by atoms with Gasteiger partial charge in [-0.05, 0) is 55.7 Å². The van der Waals surface area contributed by atoms with Gasteiger partial charge in [0.05, 0.1) is 7.11 Å². The molecule has 0 heterocycles. The maximum Gasteiger partial charge on any atom is 0.122 e. The second-order valence-electron chi connectivity index (χ2n) is 5.46. The summed E-state index contributed by atoms with van der Waals surface area (Å²) in [6.07, 6.45) is 5.42. The second kappa shape index (κ2) is 4.69. The molecule has 17 heavy (non-hydrogen) atoms. The van der Waals surface area contributed by atoms with Crippen LogP contribution in [-0.4, -0.2) is 19.7 Å². The topological polar surface area (TPSA) is 21.3 Å². The molecule has 0 bridgehead atoms. The zero-order valence-electron chi connectivity index (χ0n) is 10.5. The predicted octanol–water partition coefficient (Wildman–Crippen LogP) is 2.94. The standard InChI is InChI=1S/C15H21NO/c1-17-15-5-3-2-4-14(15)12-8-13(9-12)16-10-11-6-7-11/h2-5,11-13,16H,6-10H2,1H3. The van der Waals surface area contributed by atoms with E-state index in [9.17, 15) is 0 Å². The van der Waals surface area contributed by atoms with Crippen LogP contribution in [0.5, 0.6) is 5.75 Å². The fourth-order valence-corrected chi connectivity index (χ4v) is 2.70. The molecule has 2 saturated carbocycles. The van der Waals surface area contributed by atoms with Crippen LogP contribution in [0.25, 0.3) is 0 Å². The molecule has 0 aromatic heterocycles. The summed E-state index contributed by atoms with van der Waals surface area (Å²) in [5.41, 5.74) is 1.39. The summed E-state index contributed by atoms with van der Waals surface area (Å²) in [4.78, 5) is 0. The van der Waals surface area contributed by atoms with Gasteiger partial charge in [-0.25, -0.2) is 0 Å². The van der Waals surface area contributed by atoms with Gasteiger partial charge in [-0.1, -0.05) is 18.2 Å². The van der Waals surface area contributed by atoms with Gasteiger partial charge in [0.2, 0.25) is 0 Å². The molecule has 1 aromatic rings. The highest BCUT2D eigenvalue weighted by Crippen LogP contribution is 2.41. The molecule has 2 fully saturated rings. The molecule has 1 N–H and O–H groups in total. The van der Waals surface area contributed by atoms with E-state index in [1.165, 1.54) is 37.8 Å². The van der Waals surface area contributed by atoms with E-state index in [2.05, 4.69) is 23.5 Å². The van der Waals surface area contributed by atoms with Crippen molar-refractivity contribution in [3.63, 3.8) is 0 Å². The van der Waals surface area contributed by atoms with Crippen LogP contribution in [0.4, 0.5) is 0 Å². The number of benzene rings is 1. The van der Waals surface area contributed by atoms with E-state index in [-0.39, 0.29) is 0 Å². The quantitative estimate of drug-likeness (QED) is 0.841. The molecule has 0 unspecified atom stereocenters. The SMILES string of the molecule is COc1ccccc1C1CC(NCC2CC2)C1. The normalized spacial score (nSPS) is 27.6. The number of para-hydroxylation sites is 1. The molecule has 0 radical (unpaired) electrons. The van der Waals surface area contributed by atoms with Crippen LogP contribution in [0.1, 0.15) is 37.2 Å². The van der Waals surface area contributed by atoms with Crippen LogP contribution in [0.3, 0.4) is 0 Å². The fourth-order valence-electron chi connectivity index (χ4n) is 2.70. The largest absolute Gasteiger partial charge is 0.496 e. The zero-order valence-corrected chi connectivity index (χ0v) is 10.5. The Hall–Kier alpha value is -1.02. The molecule has 1 aromatic carbocycles. The monoisotopic (exact) mass is 231 g/mol. The molecule has 0 amide bonds. The third-order valence-electron chi connectivity index (χ3n) is 4.11. The number of hydrogen-bond acceptors (Lipinski definition) is 2. The van der Waals surface area contributed by atoms with Crippen molar-refractivity contribution in [2.24, 2.45) is 5.92 Å². The van der Waals surface area contributed by atoms with Crippen molar-refractivity contribution in [3.8, 4) is 5.75 Å². The van der Waals surface area contributed by atoms with Crippen LogP contribution in [-0.2, 0) is 0 Å². The number of ether oxygens (including phenoxy) is 1. The van der Waals surface area contributed by atoms with Gasteiger partial charge in [-0.3, -0.25) is 0 Å². The van der Waals surface area contributed by atoms with Crippen molar-refractivity contribution in [1.29, 1.82) is 0 Å². The van der Waals surface area contributed by atoms with E-state index in [0.717, 1.165) is 17.7 Å². The fraction of sp³-hybridized carbons (Fsp3) is 0.600. The summed E-state index contributed by atoms with van der Waals surface area (Å²) in [5.74, 6) is 2.74. The number of rotatable bonds is 5. The van der Waals surface area contributed by atoms with Crippen molar-refractivity contribution in [1.82, 2.24) is 5.32 Å². The first-order chi connectivity index (χ1) is 8.36. The van der Waals surface area contributed by atoms with Gasteiger partial charge in [-0.2, -0.15) is 0 Å². The van der Waals surface area contributed by atoms with E-state index >= 15 is 0 Å². The lowest BCUT2D eigenvalue weighted by atomic mass is 9.75. The summed E-state index contributed by atoms with van der Waals surface area (Å²) >= 11 is 0. The lowest BCUT2D eigenvalue weighted by Crippen LogP contribution is -2.41. The van der Waals surface area contributed by atoms with E-state index in [4.69, 9.17) is 4.74 Å². The maximum absolute atomic E-state index is 5.43. The molecule has 0 aliphatic heterocycles. The molecule has 2 heteroatoms. The van der Waals surface area contributed by atoms with E-state index < -0.39 is 0 Å². The lowest BCUT2D eigenvalue weighted by Gasteiger charge is -2.37. The molecular formula is C15H21NO. The molecule has 2 aliphatic carbocycles. The van der Waals surface area contributed by atoms with E-state index in [1.54, 1.807) is 7.11 Å². The molecule has 0 atom stereocenters. The summed E-state index contributed by atoms with van der Waals surface area (Å²) in [5, 5.41) is 3.68. The van der Waals surface area contributed by atoms with Crippen LogP contribution in [0, 0.1) is 5.92 Å². The molecular weight excluding hydrogens is 210 g/mol. The van der Waals surface area contributed by atoms with Crippen LogP contribution >= 0.6 is 0 Å². The first-order valence-electron chi connectivity index (χ1n) is 6.73. The summed E-state index contributed by atoms with van der Waals surface area (Å²) in [6.45, 7) is 1.24. The smallest absolute Gasteiger partial charge is 0.122 e. The van der Waals surface area contributed by atoms with Crippen molar-refractivity contribution >= 4 is 0 Å². The average Bonchev–Trinajstić information content (AvgIpc) is 3.11. The Balaban J connectivity index is 1.53. The van der Waals surface area contributed by atoms with Gasteiger partial charge in [0.1, 0.15) is 5.75 Å². The van der Waals surface area contributed by atoms with Crippen molar-refractivity contribution in [2.45, 2.75) is 37.6 Å². The molecule has 0 spiro atoms. The first kappa shape index (κ1) is 11.1. The van der Waals surface area contributed by atoms with Crippen molar-refractivity contribution < 1.29 is 4.74 Å². The van der Waals surface area contributed by atoms with E-state index in [0.29, 0.717) is 5.92 Å². The molecule has 0 saturated heterocycles. The molecule has 2 nitrogen and oxygen atoms in total. The van der Waals surface area contributed by atoms with Gasteiger partial charge in [-0.15, -0.1) is 0 Å². The summed E-state index contributed by atoms with van der Waals surface area (Å²) in [7, 11) is 1.76. The first-order valence-corrected chi connectivity index (χ1v) is 6.73. The molecule has 2 aliphatic rings. The third-order valence-corrected chi connectivity index (χ3v) is 4.11. The number of nitrogens with one attached hydrogen (secondary N) is 1. The highest BCUT2D eigenvalue weighted by Gasteiger charge is 2.32. The van der Waals surface area contributed by atoms with Gasteiger partial charge in [0.25, 0.3) is 0 Å². The Kier molecular flexibility index (Phi) is 3.06. The van der Waals surface area contributed by atoms with E-state index in [1.807, 2.05) is 6.07 Å². The Labute approximate surface area is 103 Å². The van der Waals surface area contributed by atoms with Gasteiger partial charge >= 0.3 is 0 Å². The Morgan fingerprint density at radius 1 is 1.24 bits per heavy atom. The van der Waals surface area contributed by atoms with Gasteiger partial charge in [0.15, 0.2) is 0 Å². The second-order valence-corrected chi connectivity index (χ2v) is 5.46. The van der Waals surface area contributed by atoms with Crippen molar-refractivity contribution in [3.05, 3.63) is 29.8 Å². The Morgan fingerprint density at radius 3 is 2.71 bits per heavy atom. The van der Waals surface area contributed by atoms with Gasteiger partial charge in [0, 0.05) is 6.04 Å². The number of methoxy groups -OCH3 is 1. The Morgan fingerprint density at radius 2 is 2.00 bits per heavy atom. The zero-order chi connectivity index (χ0) is 11.7. The highest BCUT2D eigenvalue weighted by molar-refractivity contribution is 5.37. The lowest BCUT2D eigenvalue weighted by molar-refractivity contribution is 0.281. The van der Waals surface area contributed by atoms with Crippen molar-refractivity contribution in [2.75, 3.05) is 13.7 Å². The van der Waals surface area contributed by atoms with Gasteiger partial charge < -0.3 is 10.1 Å². The minimum atomic E-state index is 0.697. The highest BCUT2D eigenvalue weighted by atomic mass is 16.5. The Bertz CT molecular complexity index is 380. The molecule has 3 rings (SSSR count). The summed E-state index contributed by atoms with van der Waals surface area (Å²) in [6, 6.07) is 9.18. The molecule has 92 valence electrons. The minimum Gasteiger partial charge on any atom is -0.496 e. The minimum absolute atomic E-state index is 0.697. The predicted molar refractivity (Wildman–Crippen MR) is 69.5 cm³/mol. The average molecular weight is 231 g/mol. The van der Waals surface area contributed by atoms with Crippen LogP contribution in [0.15, 0.2) is 24.3 Å². The third kappa shape index (κ3) is 2.47. The summed E-state index contributed by atoms with van der Waals surface area (Å²) < 4.78 is 5.43. The maximum atomic E-state index is 5.43. The van der Waals surface area contributed by atoms with Crippen LogP contribution in [0.2, 0.25) is 0 Å².